The first-order chi connectivity index (χ1) is 12.0. The number of benzene rings is 1. The minimum absolute atomic E-state index is 0.326. The lowest BCUT2D eigenvalue weighted by Crippen LogP contribution is -2.33. The number of hydrogen-bond donors (Lipinski definition) is 2. The van der Waals surface area contributed by atoms with Gasteiger partial charge >= 0.3 is 0 Å². The molecule has 4 rings (SSSR count). The first-order valence-electron chi connectivity index (χ1n) is 7.46. The molecule has 0 aliphatic rings. The summed E-state index contributed by atoms with van der Waals surface area (Å²) < 4.78 is 3.35. The summed E-state index contributed by atoms with van der Waals surface area (Å²) in [4.78, 5) is 40.8. The average molecular weight is 355 g/mol. The molecular formula is C16H13N5O3S. The number of carbonyl (C=O) groups excluding carboxylic acids is 1. The second kappa shape index (κ2) is 5.42. The number of rotatable bonds is 2. The zero-order chi connectivity index (χ0) is 17.7. The minimum atomic E-state index is -0.433. The van der Waals surface area contributed by atoms with E-state index in [1.54, 1.807) is 6.92 Å². The van der Waals surface area contributed by atoms with Crippen LogP contribution in [0.1, 0.15) is 12.6 Å². The molecule has 8 nitrogen and oxygen atoms in total. The minimum Gasteiger partial charge on any atom is -0.288 e. The van der Waals surface area contributed by atoms with Crippen LogP contribution in [-0.4, -0.2) is 25.3 Å². The summed E-state index contributed by atoms with van der Waals surface area (Å²) in [5, 5.41) is 3.74. The number of aromatic nitrogens is 4. The van der Waals surface area contributed by atoms with Crippen molar-refractivity contribution >= 4 is 38.4 Å². The predicted molar refractivity (Wildman–Crippen MR) is 96.1 cm³/mol. The van der Waals surface area contributed by atoms with Gasteiger partial charge in [-0.3, -0.25) is 24.9 Å². The summed E-state index contributed by atoms with van der Waals surface area (Å²) >= 11 is 1.37. The van der Waals surface area contributed by atoms with Crippen molar-refractivity contribution in [3.63, 3.8) is 0 Å². The van der Waals surface area contributed by atoms with Gasteiger partial charge in [-0.15, -0.1) is 0 Å². The van der Waals surface area contributed by atoms with Gasteiger partial charge in [-0.2, -0.15) is 4.68 Å². The van der Waals surface area contributed by atoms with Crippen LogP contribution >= 0.6 is 11.3 Å². The van der Waals surface area contributed by atoms with Gasteiger partial charge in [0.1, 0.15) is 0 Å². The van der Waals surface area contributed by atoms with Crippen molar-refractivity contribution in [2.45, 2.75) is 13.8 Å². The van der Waals surface area contributed by atoms with Crippen molar-refractivity contribution in [1.82, 2.24) is 19.4 Å². The molecule has 2 N–H and O–H groups in total. The van der Waals surface area contributed by atoms with E-state index in [2.05, 4.69) is 15.5 Å². The fraction of sp³-hybridized carbons (Fsp3) is 0.125. The highest BCUT2D eigenvalue weighted by Crippen LogP contribution is 2.24. The number of H-pyrrole nitrogens is 1. The highest BCUT2D eigenvalue weighted by Gasteiger charge is 2.17. The fourth-order valence-electron chi connectivity index (χ4n) is 2.76. The Morgan fingerprint density at radius 1 is 1.28 bits per heavy atom. The molecule has 126 valence electrons. The lowest BCUT2D eigenvalue weighted by Gasteiger charge is -2.09. The molecule has 0 saturated carbocycles. The summed E-state index contributed by atoms with van der Waals surface area (Å²) in [7, 11) is 0. The molecule has 9 heteroatoms. The number of nitrogens with zero attached hydrogens (tertiary/aromatic N) is 3. The van der Waals surface area contributed by atoms with Crippen LogP contribution in [-0.2, 0) is 4.79 Å². The van der Waals surface area contributed by atoms with E-state index >= 15 is 0 Å². The predicted octanol–water partition coefficient (Wildman–Crippen LogP) is 1.49. The maximum Gasteiger partial charge on any atom is 0.283 e. The average Bonchev–Trinajstić information content (AvgIpc) is 3.12. The number of thiazole rings is 1. The van der Waals surface area contributed by atoms with Crippen LogP contribution in [0.25, 0.3) is 26.3 Å². The quantitative estimate of drug-likeness (QED) is 0.569. The van der Waals surface area contributed by atoms with Crippen LogP contribution in [0.15, 0.2) is 39.9 Å². The summed E-state index contributed by atoms with van der Waals surface area (Å²) in [6.07, 6.45) is 0. The number of fused-ring (bicyclic) bond motifs is 2. The molecule has 4 aromatic rings. The normalized spacial score (nSPS) is 11.3. The Balaban J connectivity index is 1.99. The molecule has 3 aromatic heterocycles. The third-order valence-electron chi connectivity index (χ3n) is 3.85. The molecule has 3 heterocycles. The number of amides is 1. The van der Waals surface area contributed by atoms with Crippen molar-refractivity contribution < 1.29 is 4.79 Å². The molecule has 0 fully saturated rings. The van der Waals surface area contributed by atoms with Crippen LogP contribution in [0, 0.1) is 6.92 Å². The smallest absolute Gasteiger partial charge is 0.283 e. The Morgan fingerprint density at radius 2 is 2.04 bits per heavy atom. The number of carbonyl (C=O) groups is 1. The number of aryl methyl sites for hydroxylation is 1. The van der Waals surface area contributed by atoms with Crippen molar-refractivity contribution in [1.29, 1.82) is 0 Å². The van der Waals surface area contributed by atoms with Crippen molar-refractivity contribution in [2.24, 2.45) is 0 Å². The van der Waals surface area contributed by atoms with Gasteiger partial charge in [-0.25, -0.2) is 9.66 Å². The lowest BCUT2D eigenvalue weighted by atomic mass is 10.2. The first kappa shape index (κ1) is 15.3. The van der Waals surface area contributed by atoms with Gasteiger partial charge in [0, 0.05) is 13.0 Å². The highest BCUT2D eigenvalue weighted by atomic mass is 32.1. The molecule has 0 bridgehead atoms. The molecule has 0 unspecified atom stereocenters. The molecule has 1 aromatic carbocycles. The van der Waals surface area contributed by atoms with E-state index in [1.807, 2.05) is 24.3 Å². The molecule has 1 amide bonds. The van der Waals surface area contributed by atoms with Gasteiger partial charge in [0.25, 0.3) is 11.1 Å². The number of aromatic amines is 1. The van der Waals surface area contributed by atoms with Gasteiger partial charge in [-0.1, -0.05) is 23.5 Å². The molecular weight excluding hydrogens is 342 g/mol. The van der Waals surface area contributed by atoms with E-state index in [0.29, 0.717) is 21.7 Å². The van der Waals surface area contributed by atoms with E-state index in [0.717, 1.165) is 14.9 Å². The SMILES string of the molecule is CC(=O)Nn1c(C)c2c(=O)n(-c3nc4ccccc4s3)[nH]c2cc1=O. The number of nitrogens with one attached hydrogen (secondary N) is 2. The summed E-state index contributed by atoms with van der Waals surface area (Å²) in [5.41, 5.74) is 3.21. The Morgan fingerprint density at radius 3 is 2.76 bits per heavy atom. The number of hydrogen-bond acceptors (Lipinski definition) is 5. The van der Waals surface area contributed by atoms with Crippen LogP contribution in [0.3, 0.4) is 0 Å². The van der Waals surface area contributed by atoms with Crippen LogP contribution < -0.4 is 16.5 Å². The summed E-state index contributed by atoms with van der Waals surface area (Å²) in [6.45, 7) is 2.91. The maximum absolute atomic E-state index is 12.8. The largest absolute Gasteiger partial charge is 0.288 e. The molecule has 0 radical (unpaired) electrons. The zero-order valence-electron chi connectivity index (χ0n) is 13.4. The van der Waals surface area contributed by atoms with Crippen molar-refractivity contribution in [3.05, 3.63) is 56.7 Å². The van der Waals surface area contributed by atoms with E-state index in [4.69, 9.17) is 0 Å². The zero-order valence-corrected chi connectivity index (χ0v) is 14.2. The maximum atomic E-state index is 12.8. The van der Waals surface area contributed by atoms with Crippen molar-refractivity contribution in [2.75, 3.05) is 5.43 Å². The van der Waals surface area contributed by atoms with Crippen LogP contribution in [0.4, 0.5) is 0 Å². The topological polar surface area (TPSA) is 102 Å². The van der Waals surface area contributed by atoms with Crippen LogP contribution in [0.2, 0.25) is 0 Å². The summed E-state index contributed by atoms with van der Waals surface area (Å²) in [6, 6.07) is 8.86. The molecule has 0 atom stereocenters. The molecule has 0 aliphatic heterocycles. The Labute approximate surface area is 144 Å². The summed E-state index contributed by atoms with van der Waals surface area (Å²) in [5.74, 6) is -0.397. The van der Waals surface area contributed by atoms with Gasteiger partial charge in [0.05, 0.1) is 26.8 Å². The Bertz CT molecular complexity index is 1230. The standard InChI is InChI=1S/C16H13N5O3S/c1-8-14-11(7-13(23)20(8)18-9(2)22)19-21(15(14)24)16-17-10-5-3-4-6-12(10)25-16/h3-7,19H,1-2H3,(H,18,22). The first-order valence-corrected chi connectivity index (χ1v) is 8.28. The van der Waals surface area contributed by atoms with E-state index in [9.17, 15) is 14.4 Å². The third kappa shape index (κ3) is 2.36. The third-order valence-corrected chi connectivity index (χ3v) is 4.87. The Hall–Kier alpha value is -3.20. The number of para-hydroxylation sites is 1. The van der Waals surface area contributed by atoms with Gasteiger partial charge in [0.2, 0.25) is 11.0 Å². The highest BCUT2D eigenvalue weighted by molar-refractivity contribution is 7.20. The molecule has 0 aliphatic carbocycles. The van der Waals surface area contributed by atoms with Gasteiger partial charge < -0.3 is 0 Å². The van der Waals surface area contributed by atoms with Gasteiger partial charge in [-0.05, 0) is 19.1 Å². The van der Waals surface area contributed by atoms with Crippen molar-refractivity contribution in [3.8, 4) is 5.13 Å². The molecule has 0 saturated heterocycles. The van der Waals surface area contributed by atoms with E-state index in [-0.39, 0.29) is 5.56 Å². The fourth-order valence-corrected chi connectivity index (χ4v) is 3.69. The molecule has 0 spiro atoms. The monoisotopic (exact) mass is 355 g/mol. The Kier molecular flexibility index (Phi) is 3.32. The molecule has 25 heavy (non-hydrogen) atoms. The lowest BCUT2D eigenvalue weighted by molar-refractivity contribution is -0.115. The van der Waals surface area contributed by atoms with Gasteiger partial charge in [0.15, 0.2) is 0 Å². The van der Waals surface area contributed by atoms with E-state index < -0.39 is 11.5 Å². The van der Waals surface area contributed by atoms with E-state index in [1.165, 1.54) is 29.0 Å². The van der Waals surface area contributed by atoms with Crippen LogP contribution in [0.5, 0.6) is 0 Å². The second-order valence-corrected chi connectivity index (χ2v) is 6.59. The second-order valence-electron chi connectivity index (χ2n) is 5.58. The number of pyridine rings is 1.